The van der Waals surface area contributed by atoms with Crippen molar-refractivity contribution in [2.75, 3.05) is 18.4 Å². The highest BCUT2D eigenvalue weighted by molar-refractivity contribution is 7.89. The predicted molar refractivity (Wildman–Crippen MR) is 77.7 cm³/mol. The van der Waals surface area contributed by atoms with Gasteiger partial charge in [0.2, 0.25) is 10.0 Å². The Balaban J connectivity index is 3.19. The van der Waals surface area contributed by atoms with Crippen molar-refractivity contribution in [2.24, 2.45) is 0 Å². The molecule has 0 fully saturated rings. The number of carboxylic acids is 1. The van der Waals surface area contributed by atoms with E-state index >= 15 is 0 Å². The van der Waals surface area contributed by atoms with Gasteiger partial charge in [-0.25, -0.2) is 17.9 Å². The van der Waals surface area contributed by atoms with Crippen LogP contribution in [0.25, 0.3) is 0 Å². The van der Waals surface area contributed by atoms with Gasteiger partial charge >= 0.3 is 5.97 Å². The molecule has 0 aliphatic rings. The van der Waals surface area contributed by atoms with E-state index in [1.165, 1.54) is 18.2 Å². The highest BCUT2D eigenvalue weighted by Gasteiger charge is 2.19. The highest BCUT2D eigenvalue weighted by atomic mass is 32.2. The van der Waals surface area contributed by atoms with Crippen LogP contribution in [0.1, 0.15) is 37.0 Å². The molecule has 0 saturated carbocycles. The second kappa shape index (κ2) is 7.25. The Morgan fingerprint density at radius 3 is 2.55 bits per heavy atom. The molecule has 1 rings (SSSR count). The van der Waals surface area contributed by atoms with Crippen molar-refractivity contribution in [2.45, 2.75) is 31.6 Å². The number of aromatic carboxylic acids is 1. The molecule has 0 spiro atoms. The van der Waals surface area contributed by atoms with E-state index in [0.717, 1.165) is 12.8 Å². The van der Waals surface area contributed by atoms with Gasteiger partial charge in [-0.1, -0.05) is 20.3 Å². The number of sulfonamides is 1. The number of benzene rings is 1. The van der Waals surface area contributed by atoms with E-state index in [1.54, 1.807) is 6.92 Å². The summed E-state index contributed by atoms with van der Waals surface area (Å²) < 4.78 is 26.6. The van der Waals surface area contributed by atoms with Crippen LogP contribution < -0.4 is 10.0 Å². The molecule has 0 unspecified atom stereocenters. The molecular formula is C13H20N2O4S. The van der Waals surface area contributed by atoms with Gasteiger partial charge in [0.15, 0.2) is 0 Å². The maximum absolute atomic E-state index is 12.1. The third-order valence-corrected chi connectivity index (χ3v) is 4.28. The summed E-state index contributed by atoms with van der Waals surface area (Å²) in [6.45, 7) is 4.58. The fourth-order valence-electron chi connectivity index (χ4n) is 1.69. The van der Waals surface area contributed by atoms with Gasteiger partial charge in [-0.2, -0.15) is 0 Å². The minimum atomic E-state index is -3.71. The molecule has 7 heteroatoms. The van der Waals surface area contributed by atoms with Crippen LogP contribution in [-0.2, 0) is 10.0 Å². The molecule has 0 amide bonds. The summed E-state index contributed by atoms with van der Waals surface area (Å²) in [4.78, 5) is 10.9. The number of hydrogen-bond donors (Lipinski definition) is 3. The molecule has 0 radical (unpaired) electrons. The van der Waals surface area contributed by atoms with Gasteiger partial charge in [0.25, 0.3) is 0 Å². The number of rotatable bonds is 8. The summed E-state index contributed by atoms with van der Waals surface area (Å²) in [5.74, 6) is -1.15. The van der Waals surface area contributed by atoms with Gasteiger partial charge in [0.05, 0.1) is 11.3 Å². The van der Waals surface area contributed by atoms with E-state index in [1.807, 2.05) is 6.92 Å². The molecule has 1 aromatic rings. The Bertz CT molecular complexity index is 570. The van der Waals surface area contributed by atoms with E-state index in [0.29, 0.717) is 12.2 Å². The number of nitrogens with one attached hydrogen (secondary N) is 2. The minimum Gasteiger partial charge on any atom is -0.478 e. The lowest BCUT2D eigenvalue weighted by Gasteiger charge is -2.13. The summed E-state index contributed by atoms with van der Waals surface area (Å²) in [5, 5.41) is 12.0. The van der Waals surface area contributed by atoms with E-state index in [4.69, 9.17) is 5.11 Å². The average molecular weight is 300 g/mol. The molecule has 0 aliphatic carbocycles. The van der Waals surface area contributed by atoms with Gasteiger partial charge in [-0.05, 0) is 24.6 Å². The standard InChI is InChI=1S/C13H20N2O4S/c1-3-5-8-14-11-7-6-10(13(16)17)9-12(11)20(18,19)15-4-2/h6-7,9,14-15H,3-5,8H2,1-2H3,(H,16,17). The molecule has 0 atom stereocenters. The predicted octanol–water partition coefficient (Wildman–Crippen LogP) is 1.90. The Morgan fingerprint density at radius 2 is 2.00 bits per heavy atom. The summed E-state index contributed by atoms with van der Waals surface area (Å²) >= 11 is 0. The SMILES string of the molecule is CCCCNc1ccc(C(=O)O)cc1S(=O)(=O)NCC. The highest BCUT2D eigenvalue weighted by Crippen LogP contribution is 2.23. The van der Waals surface area contributed by atoms with Crippen molar-refractivity contribution in [3.8, 4) is 0 Å². The van der Waals surface area contributed by atoms with Crippen LogP contribution in [0.5, 0.6) is 0 Å². The topological polar surface area (TPSA) is 95.5 Å². The Kier molecular flexibility index (Phi) is 5.97. The van der Waals surface area contributed by atoms with Crippen LogP contribution in [0.3, 0.4) is 0 Å². The lowest BCUT2D eigenvalue weighted by Crippen LogP contribution is -2.24. The Morgan fingerprint density at radius 1 is 1.30 bits per heavy atom. The summed E-state index contributed by atoms with van der Waals surface area (Å²) in [6.07, 6.45) is 1.89. The summed E-state index contributed by atoms with van der Waals surface area (Å²) in [5.41, 5.74) is 0.368. The van der Waals surface area contributed by atoms with Crippen LogP contribution >= 0.6 is 0 Å². The number of anilines is 1. The van der Waals surface area contributed by atoms with Crippen molar-refractivity contribution in [1.82, 2.24) is 4.72 Å². The van der Waals surface area contributed by atoms with Gasteiger partial charge in [-0.15, -0.1) is 0 Å². The quantitative estimate of drug-likeness (QED) is 0.637. The molecule has 0 bridgehead atoms. The van der Waals surface area contributed by atoms with Crippen LogP contribution in [0.15, 0.2) is 23.1 Å². The molecule has 0 aromatic heterocycles. The number of hydrogen-bond acceptors (Lipinski definition) is 4. The molecule has 3 N–H and O–H groups in total. The third-order valence-electron chi connectivity index (χ3n) is 2.70. The van der Waals surface area contributed by atoms with Crippen molar-refractivity contribution in [1.29, 1.82) is 0 Å². The molecule has 1 aromatic carbocycles. The average Bonchev–Trinajstić information content (AvgIpc) is 2.39. The second-order valence-corrected chi connectivity index (χ2v) is 6.03. The Hall–Kier alpha value is -1.60. The van der Waals surface area contributed by atoms with Gasteiger partial charge < -0.3 is 10.4 Å². The van der Waals surface area contributed by atoms with Gasteiger partial charge in [0.1, 0.15) is 4.90 Å². The second-order valence-electron chi connectivity index (χ2n) is 4.30. The molecule has 0 aliphatic heterocycles. The zero-order valence-corrected chi connectivity index (χ0v) is 12.5. The van der Waals surface area contributed by atoms with Crippen LogP contribution in [0.4, 0.5) is 5.69 Å². The van der Waals surface area contributed by atoms with Crippen LogP contribution in [0.2, 0.25) is 0 Å². The van der Waals surface area contributed by atoms with Crippen molar-refractivity contribution in [3.63, 3.8) is 0 Å². The normalized spacial score (nSPS) is 11.3. The summed E-state index contributed by atoms with van der Waals surface area (Å²) in [7, 11) is -3.71. The lowest BCUT2D eigenvalue weighted by atomic mass is 10.2. The molecule has 0 heterocycles. The zero-order valence-electron chi connectivity index (χ0n) is 11.6. The van der Waals surface area contributed by atoms with E-state index in [9.17, 15) is 13.2 Å². The van der Waals surface area contributed by atoms with Crippen LogP contribution in [-0.4, -0.2) is 32.6 Å². The number of unbranched alkanes of at least 4 members (excludes halogenated alkanes) is 1. The zero-order chi connectivity index (χ0) is 15.2. The first-order valence-electron chi connectivity index (χ1n) is 6.53. The van der Waals surface area contributed by atoms with Crippen molar-refractivity contribution >= 4 is 21.7 Å². The number of carboxylic acid groups (broad SMARTS) is 1. The first-order chi connectivity index (χ1) is 9.42. The molecule has 20 heavy (non-hydrogen) atoms. The fraction of sp³-hybridized carbons (Fsp3) is 0.462. The van der Waals surface area contributed by atoms with Crippen molar-refractivity contribution in [3.05, 3.63) is 23.8 Å². The maximum Gasteiger partial charge on any atom is 0.335 e. The lowest BCUT2D eigenvalue weighted by molar-refractivity contribution is 0.0696. The van der Waals surface area contributed by atoms with E-state index < -0.39 is 16.0 Å². The monoisotopic (exact) mass is 300 g/mol. The van der Waals surface area contributed by atoms with Crippen molar-refractivity contribution < 1.29 is 18.3 Å². The molecule has 112 valence electrons. The number of carbonyl (C=O) groups is 1. The van der Waals surface area contributed by atoms with E-state index in [2.05, 4.69) is 10.0 Å². The largest absolute Gasteiger partial charge is 0.478 e. The smallest absolute Gasteiger partial charge is 0.335 e. The maximum atomic E-state index is 12.1. The van der Waals surface area contributed by atoms with Crippen LogP contribution in [0, 0.1) is 0 Å². The molecular weight excluding hydrogens is 280 g/mol. The summed E-state index contributed by atoms with van der Waals surface area (Å²) in [6, 6.07) is 4.06. The first-order valence-corrected chi connectivity index (χ1v) is 8.01. The van der Waals surface area contributed by atoms with Gasteiger partial charge in [0, 0.05) is 13.1 Å². The molecule has 6 nitrogen and oxygen atoms in total. The fourth-order valence-corrected chi connectivity index (χ4v) is 2.94. The van der Waals surface area contributed by atoms with Gasteiger partial charge in [-0.3, -0.25) is 0 Å². The first kappa shape index (κ1) is 16.5. The minimum absolute atomic E-state index is 0.0321. The van der Waals surface area contributed by atoms with E-state index in [-0.39, 0.29) is 17.0 Å². The third kappa shape index (κ3) is 4.21. The molecule has 0 saturated heterocycles. The Labute approximate surface area is 119 Å².